The molecule has 1 aliphatic rings. The molecule has 0 unspecified atom stereocenters. The van der Waals surface area contributed by atoms with Crippen LogP contribution >= 0.6 is 0 Å². The van der Waals surface area contributed by atoms with Crippen LogP contribution < -0.4 is 20.8 Å². The predicted molar refractivity (Wildman–Crippen MR) is 123 cm³/mol. The van der Waals surface area contributed by atoms with Gasteiger partial charge in [-0.25, -0.2) is 27.9 Å². The van der Waals surface area contributed by atoms with E-state index in [1.807, 2.05) is 4.72 Å². The second-order valence-corrected chi connectivity index (χ2v) is 9.86. The fourth-order valence-corrected chi connectivity index (χ4v) is 4.75. The Bertz CT molecular complexity index is 1580. The molecular formula is C21H21F2N5O7S. The van der Waals surface area contributed by atoms with Crippen LogP contribution in [0.4, 0.5) is 19.3 Å². The van der Waals surface area contributed by atoms with Crippen LogP contribution in [0.1, 0.15) is 24.9 Å². The molecule has 1 amide bonds. The molecule has 1 saturated heterocycles. The summed E-state index contributed by atoms with van der Waals surface area (Å²) in [5.74, 6) is -3.74. The van der Waals surface area contributed by atoms with Gasteiger partial charge in [-0.3, -0.25) is 9.52 Å². The number of benzene rings is 1. The summed E-state index contributed by atoms with van der Waals surface area (Å²) in [6.07, 6.45) is 0.964. The fraction of sp³-hybridized carbons (Fsp3) is 0.333. The summed E-state index contributed by atoms with van der Waals surface area (Å²) >= 11 is 0. The van der Waals surface area contributed by atoms with Gasteiger partial charge in [0.05, 0.1) is 12.2 Å². The molecule has 0 bridgehead atoms. The summed E-state index contributed by atoms with van der Waals surface area (Å²) in [4.78, 5) is 42.5. The number of ether oxygens (including phenoxy) is 1. The molecule has 12 nitrogen and oxygen atoms in total. The van der Waals surface area contributed by atoms with E-state index in [1.54, 1.807) is 0 Å². The third kappa shape index (κ3) is 4.54. The average Bonchev–Trinajstić information content (AvgIpc) is 2.74. The Labute approximate surface area is 202 Å². The van der Waals surface area contributed by atoms with Gasteiger partial charge < -0.3 is 14.1 Å². The van der Waals surface area contributed by atoms with Crippen LogP contribution in [0.25, 0.3) is 11.1 Å². The van der Waals surface area contributed by atoms with Crippen molar-refractivity contribution < 1.29 is 31.1 Å². The summed E-state index contributed by atoms with van der Waals surface area (Å²) in [5.41, 5.74) is -2.82. The van der Waals surface area contributed by atoms with E-state index < -0.39 is 51.0 Å². The zero-order chi connectivity index (χ0) is 26.4. The summed E-state index contributed by atoms with van der Waals surface area (Å²) < 4.78 is 68.0. The molecule has 0 aliphatic carbocycles. The third-order valence-corrected chi connectivity index (χ3v) is 7.06. The number of aromatic nitrogens is 2. The lowest BCUT2D eigenvalue weighted by Crippen LogP contribution is -2.45. The van der Waals surface area contributed by atoms with Gasteiger partial charge in [0.25, 0.3) is 5.56 Å². The number of pyridine rings is 1. The van der Waals surface area contributed by atoms with Crippen LogP contribution in [0.3, 0.4) is 0 Å². The molecular weight excluding hydrogens is 504 g/mol. The van der Waals surface area contributed by atoms with E-state index in [-0.39, 0.29) is 35.5 Å². The van der Waals surface area contributed by atoms with Crippen LogP contribution in [0, 0.1) is 11.6 Å². The number of nitrogens with zero attached hydrogens (tertiary/aromatic N) is 4. The van der Waals surface area contributed by atoms with E-state index >= 15 is 4.39 Å². The minimum Gasteiger partial charge on any atom is -0.408 e. The van der Waals surface area contributed by atoms with E-state index in [0.717, 1.165) is 33.6 Å². The molecule has 15 heteroatoms. The Morgan fingerprint density at radius 1 is 1.25 bits per heavy atom. The Hall–Kier alpha value is -3.85. The largest absolute Gasteiger partial charge is 0.422 e. The van der Waals surface area contributed by atoms with Crippen molar-refractivity contribution in [3.63, 3.8) is 0 Å². The number of fused-ring (bicyclic) bond motifs is 1. The van der Waals surface area contributed by atoms with Gasteiger partial charge in [-0.2, -0.15) is 12.7 Å². The highest BCUT2D eigenvalue weighted by molar-refractivity contribution is 7.90. The van der Waals surface area contributed by atoms with Crippen molar-refractivity contribution in [3.05, 3.63) is 62.5 Å². The van der Waals surface area contributed by atoms with Crippen LogP contribution in [0.15, 0.2) is 38.4 Å². The molecule has 4 rings (SSSR count). The predicted octanol–water partition coefficient (Wildman–Crippen LogP) is 1.66. The zero-order valence-corrected chi connectivity index (χ0v) is 20.1. The second-order valence-electron chi connectivity index (χ2n) is 8.18. The summed E-state index contributed by atoms with van der Waals surface area (Å²) in [7, 11) is -1.28. The van der Waals surface area contributed by atoms with Crippen molar-refractivity contribution in [2.75, 3.05) is 31.9 Å². The summed E-state index contributed by atoms with van der Waals surface area (Å²) in [6, 6.07) is 1.60. The minimum atomic E-state index is -4.19. The summed E-state index contributed by atoms with van der Waals surface area (Å²) in [6.45, 7) is 1.71. The molecule has 36 heavy (non-hydrogen) atoms. The van der Waals surface area contributed by atoms with Crippen LogP contribution in [-0.2, 0) is 10.2 Å². The van der Waals surface area contributed by atoms with Gasteiger partial charge in [0.15, 0.2) is 22.7 Å². The maximum Gasteiger partial charge on any atom is 0.422 e. The maximum absolute atomic E-state index is 15.3. The topological polar surface area (TPSA) is 144 Å². The van der Waals surface area contributed by atoms with Gasteiger partial charge in [-0.05, 0) is 19.4 Å². The lowest BCUT2D eigenvalue weighted by atomic mass is 10.1. The maximum atomic E-state index is 15.3. The molecule has 1 N–H and O–H groups in total. The number of hydrogen-bond donors (Lipinski definition) is 1. The molecule has 1 aromatic carbocycles. The van der Waals surface area contributed by atoms with Crippen molar-refractivity contribution in [3.8, 4) is 5.75 Å². The van der Waals surface area contributed by atoms with E-state index in [9.17, 15) is 27.2 Å². The lowest BCUT2D eigenvalue weighted by molar-refractivity contribution is 0.171. The quantitative estimate of drug-likeness (QED) is 0.512. The van der Waals surface area contributed by atoms with Gasteiger partial charge in [-0.15, -0.1) is 0 Å². The number of nitrogens with one attached hydrogen (secondary N) is 1. The number of amides is 1. The van der Waals surface area contributed by atoms with Gasteiger partial charge >= 0.3 is 22.1 Å². The highest BCUT2D eigenvalue weighted by atomic mass is 32.2. The smallest absolute Gasteiger partial charge is 0.408 e. The van der Waals surface area contributed by atoms with Crippen LogP contribution in [0.2, 0.25) is 0 Å². The van der Waals surface area contributed by atoms with E-state index in [4.69, 9.17) is 9.15 Å². The van der Waals surface area contributed by atoms with Gasteiger partial charge in [0.2, 0.25) is 0 Å². The first kappa shape index (κ1) is 25.2. The standard InChI is InChI=1S/C21H21F2N5O7S/c1-11(13-5-6-14(22)17(16(13)23)25-36(32,33)27-7-4-8-27)28-19(29)18-15(35-21(28)31)9-12(10-24-18)34-20(30)26(2)3/h5-6,9-11,25H,4,7-8H2,1-3H3/t11-/m0/s1. The van der Waals surface area contributed by atoms with Crippen molar-refractivity contribution >= 4 is 33.1 Å². The number of rotatable bonds is 6. The Kier molecular flexibility index (Phi) is 6.53. The first-order valence-electron chi connectivity index (χ1n) is 10.6. The van der Waals surface area contributed by atoms with Crippen LogP contribution in [0.5, 0.6) is 5.75 Å². The SMILES string of the molecule is C[C@@H](c1ccc(F)c(NS(=O)(=O)N2CCC2)c1F)n1c(=O)oc2cc(OC(=O)N(C)C)cnc2c1=O. The molecule has 3 heterocycles. The molecule has 3 aromatic rings. The van der Waals surface area contributed by atoms with Gasteiger partial charge in [0, 0.05) is 38.8 Å². The summed E-state index contributed by atoms with van der Waals surface area (Å²) in [5, 5.41) is 0. The highest BCUT2D eigenvalue weighted by Gasteiger charge is 2.31. The lowest BCUT2D eigenvalue weighted by Gasteiger charge is -2.30. The highest BCUT2D eigenvalue weighted by Crippen LogP contribution is 2.29. The first-order chi connectivity index (χ1) is 16.9. The Balaban J connectivity index is 1.74. The van der Waals surface area contributed by atoms with Gasteiger partial charge in [-0.1, -0.05) is 6.07 Å². The number of carbonyl (C=O) groups is 1. The monoisotopic (exact) mass is 525 g/mol. The molecule has 1 aliphatic heterocycles. The van der Waals surface area contributed by atoms with Crippen molar-refractivity contribution in [2.45, 2.75) is 19.4 Å². The number of halogens is 2. The first-order valence-corrected chi connectivity index (χ1v) is 12.0. The van der Waals surface area contributed by atoms with Gasteiger partial charge in [0.1, 0.15) is 11.5 Å². The molecule has 2 aromatic heterocycles. The zero-order valence-electron chi connectivity index (χ0n) is 19.3. The molecule has 1 fully saturated rings. The molecule has 0 radical (unpaired) electrons. The van der Waals surface area contributed by atoms with Crippen molar-refractivity contribution in [1.82, 2.24) is 18.8 Å². The van der Waals surface area contributed by atoms with Crippen molar-refractivity contribution in [1.29, 1.82) is 0 Å². The van der Waals surface area contributed by atoms with E-state index in [2.05, 4.69) is 4.98 Å². The molecule has 0 spiro atoms. The third-order valence-electron chi connectivity index (χ3n) is 5.56. The van der Waals surface area contributed by atoms with Crippen molar-refractivity contribution in [2.24, 2.45) is 0 Å². The normalized spacial score (nSPS) is 14.8. The Morgan fingerprint density at radius 3 is 2.56 bits per heavy atom. The molecule has 1 atom stereocenters. The van der Waals surface area contributed by atoms with E-state index in [1.165, 1.54) is 21.0 Å². The number of hydrogen-bond acceptors (Lipinski definition) is 8. The second kappa shape index (κ2) is 9.31. The average molecular weight is 525 g/mol. The number of anilines is 1. The molecule has 192 valence electrons. The van der Waals surface area contributed by atoms with E-state index in [0.29, 0.717) is 11.0 Å². The minimum absolute atomic E-state index is 0.0849. The molecule has 0 saturated carbocycles. The van der Waals surface area contributed by atoms with Crippen LogP contribution in [-0.4, -0.2) is 60.5 Å². The Morgan fingerprint density at radius 2 is 1.94 bits per heavy atom. The number of carbonyl (C=O) groups excluding carboxylic acids is 1. The fourth-order valence-electron chi connectivity index (χ4n) is 3.43.